The van der Waals surface area contributed by atoms with Crippen LogP contribution < -0.4 is 4.90 Å². The number of hydrogen-bond acceptors (Lipinski definition) is 5. The SMILES string of the molecule is c1ccc(-c2nc3c(ccc4sc5ccc(-c6ccc(N(c7ccccc7)c7ccc8c(c7)oc7ccccc78)cc6)cc5c43)s2)cc1. The van der Waals surface area contributed by atoms with Gasteiger partial charge in [0.1, 0.15) is 16.2 Å². The van der Waals surface area contributed by atoms with Crippen LogP contribution in [0.4, 0.5) is 17.1 Å². The fraction of sp³-hybridized carbons (Fsp3) is 0. The number of thiazole rings is 1. The van der Waals surface area contributed by atoms with Crippen molar-refractivity contribution in [1.82, 2.24) is 4.98 Å². The molecular formula is C43H26N2OS2. The number of fused-ring (bicyclic) bond motifs is 8. The van der Waals surface area contributed by atoms with Gasteiger partial charge in [0, 0.05) is 59.6 Å². The fourth-order valence-corrected chi connectivity index (χ4v) is 8.89. The first-order valence-corrected chi connectivity index (χ1v) is 17.6. The summed E-state index contributed by atoms with van der Waals surface area (Å²) in [5, 5.41) is 5.84. The zero-order valence-corrected chi connectivity index (χ0v) is 27.3. The van der Waals surface area contributed by atoms with E-state index in [0.29, 0.717) is 0 Å². The van der Waals surface area contributed by atoms with Gasteiger partial charge in [0.2, 0.25) is 0 Å². The maximum absolute atomic E-state index is 6.27. The predicted octanol–water partition coefficient (Wildman–Crippen LogP) is 13.4. The molecule has 226 valence electrons. The molecule has 0 N–H and O–H groups in total. The Bertz CT molecular complexity index is 2780. The molecule has 7 aromatic carbocycles. The van der Waals surface area contributed by atoms with E-state index in [2.05, 4.69) is 150 Å². The molecule has 0 aliphatic rings. The number of anilines is 3. The Morgan fingerprint density at radius 1 is 0.438 bits per heavy atom. The van der Waals surface area contributed by atoms with E-state index < -0.39 is 0 Å². The van der Waals surface area contributed by atoms with Crippen LogP contribution in [0.25, 0.3) is 74.0 Å². The molecule has 3 aromatic heterocycles. The van der Waals surface area contributed by atoms with E-state index in [1.807, 2.05) is 23.5 Å². The number of furan rings is 1. The quantitative estimate of drug-likeness (QED) is 0.186. The van der Waals surface area contributed by atoms with Gasteiger partial charge in [-0.2, -0.15) is 0 Å². The van der Waals surface area contributed by atoms with Crippen molar-refractivity contribution in [2.24, 2.45) is 0 Å². The smallest absolute Gasteiger partial charge is 0.137 e. The summed E-state index contributed by atoms with van der Waals surface area (Å²) >= 11 is 3.60. The number of rotatable bonds is 5. The highest BCUT2D eigenvalue weighted by atomic mass is 32.1. The summed E-state index contributed by atoms with van der Waals surface area (Å²) < 4.78 is 10.0. The van der Waals surface area contributed by atoms with E-state index >= 15 is 0 Å². The second-order valence-electron chi connectivity index (χ2n) is 12.0. The molecule has 0 bridgehead atoms. The summed E-state index contributed by atoms with van der Waals surface area (Å²) in [5.74, 6) is 0. The van der Waals surface area contributed by atoms with E-state index in [4.69, 9.17) is 9.40 Å². The summed E-state index contributed by atoms with van der Waals surface area (Å²) in [6.07, 6.45) is 0. The van der Waals surface area contributed by atoms with Crippen molar-refractivity contribution in [2.45, 2.75) is 0 Å². The van der Waals surface area contributed by atoms with Crippen molar-refractivity contribution in [3.05, 3.63) is 158 Å². The Labute approximate surface area is 284 Å². The monoisotopic (exact) mass is 650 g/mol. The van der Waals surface area contributed by atoms with Gasteiger partial charge in [0.15, 0.2) is 0 Å². The fourth-order valence-electron chi connectivity index (χ4n) is 6.82. The molecule has 3 heterocycles. The lowest BCUT2D eigenvalue weighted by molar-refractivity contribution is 0.669. The van der Waals surface area contributed by atoms with Crippen LogP contribution in [-0.2, 0) is 0 Å². The molecule has 0 saturated heterocycles. The first-order chi connectivity index (χ1) is 23.8. The molecule has 0 aliphatic heterocycles. The van der Waals surface area contributed by atoms with Crippen molar-refractivity contribution in [2.75, 3.05) is 4.90 Å². The molecule has 0 fully saturated rings. The highest BCUT2D eigenvalue weighted by molar-refractivity contribution is 7.26. The summed E-state index contributed by atoms with van der Waals surface area (Å²) in [5.41, 5.74) is 9.64. The Kier molecular flexibility index (Phi) is 6.22. The van der Waals surface area contributed by atoms with E-state index in [1.165, 1.54) is 36.0 Å². The molecule has 0 radical (unpaired) electrons. The summed E-state index contributed by atoms with van der Waals surface area (Å²) in [6, 6.07) is 55.9. The van der Waals surface area contributed by atoms with Crippen molar-refractivity contribution < 1.29 is 4.42 Å². The van der Waals surface area contributed by atoms with Crippen molar-refractivity contribution in [3.8, 4) is 21.7 Å². The molecule has 48 heavy (non-hydrogen) atoms. The number of benzene rings is 7. The minimum Gasteiger partial charge on any atom is -0.456 e. The van der Waals surface area contributed by atoms with Crippen molar-refractivity contribution in [1.29, 1.82) is 0 Å². The first-order valence-electron chi connectivity index (χ1n) is 15.9. The van der Waals surface area contributed by atoms with Crippen LogP contribution in [0.5, 0.6) is 0 Å². The Hall–Kier alpha value is -5.75. The van der Waals surface area contributed by atoms with Crippen LogP contribution in [0.15, 0.2) is 162 Å². The molecule has 0 saturated carbocycles. The number of nitrogens with zero attached hydrogens (tertiary/aromatic N) is 2. The van der Waals surface area contributed by atoms with E-state index in [-0.39, 0.29) is 0 Å². The topological polar surface area (TPSA) is 29.3 Å². The zero-order valence-electron chi connectivity index (χ0n) is 25.6. The lowest BCUT2D eigenvalue weighted by Crippen LogP contribution is -2.09. The Morgan fingerprint density at radius 2 is 1.10 bits per heavy atom. The summed E-state index contributed by atoms with van der Waals surface area (Å²) in [4.78, 5) is 7.46. The van der Waals surface area contributed by atoms with Crippen molar-refractivity contribution >= 4 is 92.1 Å². The zero-order chi connectivity index (χ0) is 31.6. The maximum atomic E-state index is 6.27. The molecule has 0 atom stereocenters. The third kappa shape index (κ3) is 4.43. The van der Waals surface area contributed by atoms with Gasteiger partial charge in [0.25, 0.3) is 0 Å². The van der Waals surface area contributed by atoms with E-state index in [0.717, 1.165) is 55.1 Å². The normalized spacial score (nSPS) is 11.8. The summed E-state index contributed by atoms with van der Waals surface area (Å²) in [7, 11) is 0. The van der Waals surface area contributed by atoms with Crippen LogP contribution in [0, 0.1) is 0 Å². The number of thiophene rings is 1. The van der Waals surface area contributed by atoms with Gasteiger partial charge >= 0.3 is 0 Å². The van der Waals surface area contributed by atoms with Gasteiger partial charge in [0.05, 0.1) is 10.2 Å². The third-order valence-electron chi connectivity index (χ3n) is 9.11. The standard InChI is InChI=1S/C43H26N2OS2/c1-3-9-28(10-4-1)43-44-42-40(48-43)24-23-39-41(42)35-25-29(17-22-38(35)47-39)27-15-18-31(19-16-27)45(30-11-5-2-6-12-30)32-20-21-34-33-13-7-8-14-36(33)46-37(34)26-32/h1-26H. The molecule has 0 amide bonds. The van der Waals surface area contributed by atoms with Gasteiger partial charge in [-0.05, 0) is 77.9 Å². The molecule has 5 heteroatoms. The largest absolute Gasteiger partial charge is 0.456 e. The lowest BCUT2D eigenvalue weighted by atomic mass is 10.0. The molecular weight excluding hydrogens is 625 g/mol. The molecule has 3 nitrogen and oxygen atoms in total. The van der Waals surface area contributed by atoms with E-state index in [1.54, 1.807) is 11.3 Å². The van der Waals surface area contributed by atoms with Gasteiger partial charge < -0.3 is 9.32 Å². The number of aromatic nitrogens is 1. The second-order valence-corrected chi connectivity index (χ2v) is 14.1. The predicted molar refractivity (Wildman–Crippen MR) is 205 cm³/mol. The second kappa shape index (κ2) is 10.9. The van der Waals surface area contributed by atoms with Gasteiger partial charge in [-0.1, -0.05) is 84.9 Å². The third-order valence-corrected chi connectivity index (χ3v) is 11.3. The first kappa shape index (κ1) is 27.4. The van der Waals surface area contributed by atoms with Crippen LogP contribution in [0.2, 0.25) is 0 Å². The molecule has 0 aliphatic carbocycles. The minimum atomic E-state index is 0.882. The van der Waals surface area contributed by atoms with Crippen LogP contribution >= 0.6 is 22.7 Å². The van der Waals surface area contributed by atoms with Crippen LogP contribution in [0.1, 0.15) is 0 Å². The molecule has 10 rings (SSSR count). The Morgan fingerprint density at radius 3 is 1.96 bits per heavy atom. The van der Waals surface area contributed by atoms with E-state index in [9.17, 15) is 0 Å². The van der Waals surface area contributed by atoms with Gasteiger partial charge in [-0.3, -0.25) is 0 Å². The summed E-state index contributed by atoms with van der Waals surface area (Å²) in [6.45, 7) is 0. The van der Waals surface area contributed by atoms with Crippen molar-refractivity contribution in [3.63, 3.8) is 0 Å². The average Bonchev–Trinajstić information content (AvgIpc) is 3.85. The number of hydrogen-bond donors (Lipinski definition) is 0. The van der Waals surface area contributed by atoms with Gasteiger partial charge in [-0.25, -0.2) is 4.98 Å². The Balaban J connectivity index is 1.06. The minimum absolute atomic E-state index is 0.882. The molecule has 10 aromatic rings. The highest BCUT2D eigenvalue weighted by Gasteiger charge is 2.17. The van der Waals surface area contributed by atoms with Gasteiger partial charge in [-0.15, -0.1) is 22.7 Å². The lowest BCUT2D eigenvalue weighted by Gasteiger charge is -2.25. The van der Waals surface area contributed by atoms with Crippen LogP contribution in [0.3, 0.4) is 0 Å². The highest BCUT2D eigenvalue weighted by Crippen LogP contribution is 2.43. The molecule has 0 unspecified atom stereocenters. The maximum Gasteiger partial charge on any atom is 0.137 e. The average molecular weight is 651 g/mol. The van der Waals surface area contributed by atoms with Crippen LogP contribution in [-0.4, -0.2) is 4.98 Å². The molecule has 0 spiro atoms. The number of para-hydroxylation sites is 2.